The highest BCUT2D eigenvalue weighted by atomic mass is 16.6. The number of hydrogen-bond acceptors (Lipinski definition) is 2. The zero-order valence-corrected chi connectivity index (χ0v) is 9.47. The standard InChI is InChI=1S/C12H22O2/c1-3-4-5-6-9-12(2)10-7-8-11(13)14-12/h3-10H2,1-2H3. The lowest BCUT2D eigenvalue weighted by Gasteiger charge is -2.33. The van der Waals surface area contributed by atoms with Crippen molar-refractivity contribution >= 4 is 5.97 Å². The summed E-state index contributed by atoms with van der Waals surface area (Å²) in [6, 6.07) is 0. The Balaban J connectivity index is 2.23. The second-order valence-corrected chi connectivity index (χ2v) is 4.59. The van der Waals surface area contributed by atoms with E-state index in [-0.39, 0.29) is 11.6 Å². The molecule has 1 heterocycles. The molecule has 0 amide bonds. The monoisotopic (exact) mass is 198 g/mol. The van der Waals surface area contributed by atoms with E-state index < -0.39 is 0 Å². The van der Waals surface area contributed by atoms with E-state index in [0.29, 0.717) is 6.42 Å². The molecule has 2 heteroatoms. The summed E-state index contributed by atoms with van der Waals surface area (Å²) in [6.45, 7) is 4.29. The summed E-state index contributed by atoms with van der Waals surface area (Å²) in [4.78, 5) is 11.1. The first kappa shape index (κ1) is 11.5. The van der Waals surface area contributed by atoms with Gasteiger partial charge in [0.15, 0.2) is 0 Å². The van der Waals surface area contributed by atoms with Crippen LogP contribution in [0.5, 0.6) is 0 Å². The maximum Gasteiger partial charge on any atom is 0.306 e. The number of esters is 1. The molecule has 14 heavy (non-hydrogen) atoms. The fourth-order valence-corrected chi connectivity index (χ4v) is 2.09. The fraction of sp³-hybridized carbons (Fsp3) is 0.917. The first-order valence-electron chi connectivity index (χ1n) is 5.88. The lowest BCUT2D eigenvalue weighted by molar-refractivity contribution is -0.165. The molecular formula is C12H22O2. The molecule has 1 aliphatic heterocycles. The number of ether oxygens (including phenoxy) is 1. The van der Waals surface area contributed by atoms with Gasteiger partial charge in [-0.05, 0) is 32.6 Å². The van der Waals surface area contributed by atoms with Crippen molar-refractivity contribution < 1.29 is 9.53 Å². The molecule has 2 nitrogen and oxygen atoms in total. The molecule has 0 bridgehead atoms. The highest BCUT2D eigenvalue weighted by molar-refractivity contribution is 5.70. The van der Waals surface area contributed by atoms with Gasteiger partial charge < -0.3 is 4.74 Å². The van der Waals surface area contributed by atoms with Gasteiger partial charge in [-0.15, -0.1) is 0 Å². The summed E-state index contributed by atoms with van der Waals surface area (Å²) in [5.41, 5.74) is -0.150. The molecule has 1 saturated heterocycles. The molecule has 1 aliphatic rings. The zero-order chi connectivity index (χ0) is 10.4. The normalized spacial score (nSPS) is 27.4. The van der Waals surface area contributed by atoms with Crippen molar-refractivity contribution in [2.75, 3.05) is 0 Å². The smallest absolute Gasteiger partial charge is 0.306 e. The van der Waals surface area contributed by atoms with Crippen LogP contribution in [0.3, 0.4) is 0 Å². The first-order valence-corrected chi connectivity index (χ1v) is 5.88. The van der Waals surface area contributed by atoms with Crippen LogP contribution in [0.2, 0.25) is 0 Å². The van der Waals surface area contributed by atoms with Gasteiger partial charge in [0.05, 0.1) is 0 Å². The van der Waals surface area contributed by atoms with Gasteiger partial charge >= 0.3 is 5.97 Å². The van der Waals surface area contributed by atoms with Gasteiger partial charge in [-0.25, -0.2) is 0 Å². The Hall–Kier alpha value is -0.530. The van der Waals surface area contributed by atoms with Gasteiger partial charge in [0.1, 0.15) is 5.60 Å². The van der Waals surface area contributed by atoms with Crippen molar-refractivity contribution in [1.29, 1.82) is 0 Å². The van der Waals surface area contributed by atoms with Crippen LogP contribution in [0.25, 0.3) is 0 Å². The van der Waals surface area contributed by atoms with E-state index in [1.165, 1.54) is 25.7 Å². The Kier molecular flexibility index (Phi) is 4.43. The quantitative estimate of drug-likeness (QED) is 0.499. The van der Waals surface area contributed by atoms with Gasteiger partial charge in [-0.3, -0.25) is 4.79 Å². The number of cyclic esters (lactones) is 1. The van der Waals surface area contributed by atoms with Gasteiger partial charge in [0.25, 0.3) is 0 Å². The van der Waals surface area contributed by atoms with Crippen LogP contribution in [0.15, 0.2) is 0 Å². The maximum absolute atomic E-state index is 11.1. The second-order valence-electron chi connectivity index (χ2n) is 4.59. The van der Waals surface area contributed by atoms with Gasteiger partial charge in [0.2, 0.25) is 0 Å². The van der Waals surface area contributed by atoms with E-state index in [9.17, 15) is 4.79 Å². The maximum atomic E-state index is 11.1. The minimum absolute atomic E-state index is 0.00533. The Bertz CT molecular complexity index is 189. The molecule has 0 radical (unpaired) electrons. The van der Waals surface area contributed by atoms with Crippen molar-refractivity contribution in [3.8, 4) is 0 Å². The van der Waals surface area contributed by atoms with Crippen LogP contribution in [-0.4, -0.2) is 11.6 Å². The van der Waals surface area contributed by atoms with E-state index in [1.54, 1.807) is 0 Å². The number of carbonyl (C=O) groups is 1. The summed E-state index contributed by atoms with van der Waals surface area (Å²) >= 11 is 0. The molecule has 0 spiro atoms. The third-order valence-electron chi connectivity index (χ3n) is 3.01. The van der Waals surface area contributed by atoms with Gasteiger partial charge in [-0.1, -0.05) is 26.2 Å². The molecule has 1 unspecified atom stereocenters. The minimum atomic E-state index is -0.150. The number of rotatable bonds is 5. The molecule has 82 valence electrons. The third-order valence-corrected chi connectivity index (χ3v) is 3.01. The minimum Gasteiger partial charge on any atom is -0.459 e. The summed E-state index contributed by atoms with van der Waals surface area (Å²) in [5.74, 6) is -0.00533. The van der Waals surface area contributed by atoms with E-state index in [4.69, 9.17) is 4.74 Å². The lowest BCUT2D eigenvalue weighted by atomic mass is 9.90. The molecular weight excluding hydrogens is 176 g/mol. The largest absolute Gasteiger partial charge is 0.459 e. The Morgan fingerprint density at radius 3 is 2.79 bits per heavy atom. The molecule has 0 aliphatic carbocycles. The summed E-state index contributed by atoms with van der Waals surface area (Å²) in [7, 11) is 0. The van der Waals surface area contributed by atoms with E-state index in [2.05, 4.69) is 13.8 Å². The van der Waals surface area contributed by atoms with Crippen LogP contribution in [0.1, 0.15) is 65.2 Å². The highest BCUT2D eigenvalue weighted by Crippen LogP contribution is 2.30. The summed E-state index contributed by atoms with van der Waals surface area (Å²) in [5, 5.41) is 0. The van der Waals surface area contributed by atoms with Crippen molar-refractivity contribution in [2.24, 2.45) is 0 Å². The summed E-state index contributed by atoms with van der Waals surface area (Å²) < 4.78 is 5.42. The zero-order valence-electron chi connectivity index (χ0n) is 9.47. The molecule has 1 fully saturated rings. The fourth-order valence-electron chi connectivity index (χ4n) is 2.09. The van der Waals surface area contributed by atoms with Crippen LogP contribution in [0, 0.1) is 0 Å². The van der Waals surface area contributed by atoms with Crippen molar-refractivity contribution in [3.05, 3.63) is 0 Å². The number of carbonyl (C=O) groups excluding carboxylic acids is 1. The molecule has 1 atom stereocenters. The van der Waals surface area contributed by atoms with E-state index >= 15 is 0 Å². The molecule has 0 N–H and O–H groups in total. The molecule has 0 saturated carbocycles. The van der Waals surface area contributed by atoms with Crippen LogP contribution < -0.4 is 0 Å². The predicted octanol–water partition coefficient (Wildman–Crippen LogP) is 3.44. The average Bonchev–Trinajstić information content (AvgIpc) is 2.12. The lowest BCUT2D eigenvalue weighted by Crippen LogP contribution is -2.35. The predicted molar refractivity (Wildman–Crippen MR) is 57.1 cm³/mol. The molecule has 0 aromatic rings. The van der Waals surface area contributed by atoms with E-state index in [1.807, 2.05) is 0 Å². The van der Waals surface area contributed by atoms with Crippen LogP contribution >= 0.6 is 0 Å². The SMILES string of the molecule is CCCCCCC1(C)CCCC(=O)O1. The van der Waals surface area contributed by atoms with Gasteiger partial charge in [-0.2, -0.15) is 0 Å². The molecule has 0 aromatic carbocycles. The Morgan fingerprint density at radius 2 is 2.14 bits per heavy atom. The van der Waals surface area contributed by atoms with Gasteiger partial charge in [0, 0.05) is 6.42 Å². The van der Waals surface area contributed by atoms with Crippen molar-refractivity contribution in [2.45, 2.75) is 70.8 Å². The first-order chi connectivity index (χ1) is 6.66. The number of unbranched alkanes of at least 4 members (excludes halogenated alkanes) is 3. The number of hydrogen-bond donors (Lipinski definition) is 0. The Morgan fingerprint density at radius 1 is 1.36 bits per heavy atom. The molecule has 1 rings (SSSR count). The summed E-state index contributed by atoms with van der Waals surface area (Å²) in [6.07, 6.45) is 8.72. The topological polar surface area (TPSA) is 26.3 Å². The van der Waals surface area contributed by atoms with Crippen molar-refractivity contribution in [1.82, 2.24) is 0 Å². The van der Waals surface area contributed by atoms with Crippen molar-refractivity contribution in [3.63, 3.8) is 0 Å². The Labute approximate surface area is 87.0 Å². The highest BCUT2D eigenvalue weighted by Gasteiger charge is 2.31. The third kappa shape index (κ3) is 3.69. The van der Waals surface area contributed by atoms with E-state index in [0.717, 1.165) is 19.3 Å². The average molecular weight is 198 g/mol. The second kappa shape index (κ2) is 5.38. The van der Waals surface area contributed by atoms with Crippen LogP contribution in [-0.2, 0) is 9.53 Å². The van der Waals surface area contributed by atoms with Crippen LogP contribution in [0.4, 0.5) is 0 Å². The molecule has 0 aromatic heterocycles.